The van der Waals surface area contributed by atoms with Gasteiger partial charge in [-0.15, -0.1) is 0 Å². The Labute approximate surface area is 233 Å². The van der Waals surface area contributed by atoms with Crippen molar-refractivity contribution in [1.82, 2.24) is 14.9 Å². The molecule has 40 heavy (non-hydrogen) atoms. The molecule has 1 aromatic carbocycles. The number of aromatic amines is 1. The van der Waals surface area contributed by atoms with Gasteiger partial charge in [-0.05, 0) is 74.4 Å². The Bertz CT molecular complexity index is 1450. The van der Waals surface area contributed by atoms with Crippen LogP contribution in [0.5, 0.6) is 0 Å². The Morgan fingerprint density at radius 1 is 1.12 bits per heavy atom. The summed E-state index contributed by atoms with van der Waals surface area (Å²) < 4.78 is 12.4. The second kappa shape index (κ2) is 9.73. The number of H-pyrrole nitrogens is 1. The number of fused-ring (bicyclic) bond motifs is 4. The molecule has 8 rings (SSSR count). The number of hydrogen-bond donors (Lipinski definition) is 5. The average Bonchev–Trinajstić information content (AvgIpc) is 3.31. The van der Waals surface area contributed by atoms with Gasteiger partial charge in [-0.3, -0.25) is 9.88 Å². The van der Waals surface area contributed by atoms with Crippen molar-refractivity contribution in [1.29, 1.82) is 0 Å². The van der Waals surface area contributed by atoms with Crippen LogP contribution in [-0.2, 0) is 15.9 Å². The summed E-state index contributed by atoms with van der Waals surface area (Å²) in [5, 5.41) is 42.6. The average molecular weight is 548 g/mol. The van der Waals surface area contributed by atoms with Crippen molar-refractivity contribution in [3.05, 3.63) is 76.3 Å². The number of piperidine rings is 3. The molecule has 0 spiro atoms. The first-order valence-electron chi connectivity index (χ1n) is 14.2. The number of nitrogens with zero attached hydrogens (tertiary/aromatic N) is 2. The van der Waals surface area contributed by atoms with E-state index in [4.69, 9.17) is 14.5 Å². The molecule has 4 saturated heterocycles. The zero-order valence-electron chi connectivity index (χ0n) is 22.9. The molecule has 1 unspecified atom stereocenters. The number of allylic oxidation sites excluding steroid dienone is 1. The van der Waals surface area contributed by atoms with E-state index in [-0.39, 0.29) is 23.9 Å². The first-order chi connectivity index (χ1) is 19.3. The molecule has 0 amide bonds. The Balaban J connectivity index is 1.33. The molecule has 3 aromatic rings. The highest BCUT2D eigenvalue weighted by Crippen LogP contribution is 2.59. The number of nitrogens with one attached hydrogen (secondary N) is 1. The third-order valence-corrected chi connectivity index (χ3v) is 9.55. The van der Waals surface area contributed by atoms with Crippen LogP contribution in [0.2, 0.25) is 0 Å². The van der Waals surface area contributed by atoms with Gasteiger partial charge in [0.25, 0.3) is 0 Å². The van der Waals surface area contributed by atoms with Crippen LogP contribution in [0.3, 0.4) is 0 Å². The number of hydrogen-bond acceptors (Lipinski definition) is 8. The summed E-state index contributed by atoms with van der Waals surface area (Å²) in [6, 6.07) is 12.9. The predicted molar refractivity (Wildman–Crippen MR) is 147 cm³/mol. The number of para-hydroxylation sites is 1. The molecule has 212 valence electrons. The van der Waals surface area contributed by atoms with E-state index in [0.717, 1.165) is 35.3 Å². The molecule has 0 aliphatic carbocycles. The van der Waals surface area contributed by atoms with Gasteiger partial charge in [0.2, 0.25) is 0 Å². The topological polar surface area (TPSA) is 131 Å². The predicted octanol–water partition coefficient (Wildman–Crippen LogP) is 2.35. The maximum absolute atomic E-state index is 10.8. The highest BCUT2D eigenvalue weighted by molar-refractivity contribution is 5.85. The minimum Gasteiger partial charge on any atom is -0.394 e. The summed E-state index contributed by atoms with van der Waals surface area (Å²) in [7, 11) is 0. The van der Waals surface area contributed by atoms with E-state index in [2.05, 4.69) is 53.2 Å². The standard InChI is InChI=1S/C31H37N3O6/c1-4-16-18-11-23-26-19(17-7-5-6-8-20(17)33-26)12-22(25(18)21-10-14(2)9-15(3)32-21)34(23)30(16)40-31-29(38)28(37)27(36)24(13-35)39-31/h4-10,18,22-25,27-31,33,35-38H,11-13H2,1-3H3/b16-4+/t18-,22+,23+,24-,25-,27-,28+,29-,30-,31+/m1/s1. The lowest BCUT2D eigenvalue weighted by atomic mass is 9.62. The van der Waals surface area contributed by atoms with Gasteiger partial charge in [-0.25, -0.2) is 0 Å². The van der Waals surface area contributed by atoms with Crippen LogP contribution >= 0.6 is 0 Å². The Morgan fingerprint density at radius 2 is 1.93 bits per heavy atom. The zero-order valence-corrected chi connectivity index (χ0v) is 22.9. The fraction of sp³-hybridized carbons (Fsp3) is 0.516. The molecule has 9 nitrogen and oxygen atoms in total. The van der Waals surface area contributed by atoms with Gasteiger partial charge in [-0.1, -0.05) is 24.3 Å². The van der Waals surface area contributed by atoms with Crippen LogP contribution in [0.25, 0.3) is 10.9 Å². The molecule has 11 atom stereocenters. The molecule has 5 N–H and O–H groups in total. The van der Waals surface area contributed by atoms with Crippen molar-refractivity contribution in [3.8, 4) is 0 Å². The molecule has 0 saturated carbocycles. The highest BCUT2D eigenvalue weighted by Gasteiger charge is 2.59. The largest absolute Gasteiger partial charge is 0.394 e. The lowest BCUT2D eigenvalue weighted by Crippen LogP contribution is -2.66. The SMILES string of the molecule is C/C=C1\[C@H]2C[C@H]3c4[nH]c5ccccc5c4C[C@@H]([C@H]2c2cc(C)cc(C)n2)N3[C@@H]1O[C@@H]1O[C@H](CO)[C@@H](O)[C@H](O)[C@H]1O. The first-order valence-corrected chi connectivity index (χ1v) is 14.2. The smallest absolute Gasteiger partial charge is 0.188 e. The molecular formula is C31H37N3O6. The normalized spacial score (nSPS) is 39.6. The fourth-order valence-electron chi connectivity index (χ4n) is 7.92. The summed E-state index contributed by atoms with van der Waals surface area (Å²) in [4.78, 5) is 11.1. The lowest BCUT2D eigenvalue weighted by molar-refractivity contribution is -0.329. The van der Waals surface area contributed by atoms with Gasteiger partial charge in [0.15, 0.2) is 6.29 Å². The van der Waals surface area contributed by atoms with E-state index in [9.17, 15) is 20.4 Å². The molecule has 5 aliphatic heterocycles. The van der Waals surface area contributed by atoms with E-state index in [0.29, 0.717) is 0 Å². The van der Waals surface area contributed by atoms with Crippen LogP contribution in [-0.4, -0.2) is 84.9 Å². The van der Waals surface area contributed by atoms with E-state index in [1.165, 1.54) is 22.2 Å². The van der Waals surface area contributed by atoms with Crippen molar-refractivity contribution in [2.75, 3.05) is 6.61 Å². The summed E-state index contributed by atoms with van der Waals surface area (Å²) in [6.07, 6.45) is -3.33. The van der Waals surface area contributed by atoms with Gasteiger partial charge in [-0.2, -0.15) is 0 Å². The van der Waals surface area contributed by atoms with Gasteiger partial charge >= 0.3 is 0 Å². The number of aliphatic hydroxyl groups is 4. The highest BCUT2D eigenvalue weighted by atomic mass is 16.7. The van der Waals surface area contributed by atoms with Crippen LogP contribution in [0.15, 0.2) is 48.0 Å². The summed E-state index contributed by atoms with van der Waals surface area (Å²) >= 11 is 0. The zero-order chi connectivity index (χ0) is 27.9. The van der Waals surface area contributed by atoms with Crippen LogP contribution in [0, 0.1) is 19.8 Å². The number of pyridine rings is 1. The summed E-state index contributed by atoms with van der Waals surface area (Å²) in [6.45, 7) is 5.67. The van der Waals surface area contributed by atoms with Crippen molar-refractivity contribution in [3.63, 3.8) is 0 Å². The maximum Gasteiger partial charge on any atom is 0.188 e. The summed E-state index contributed by atoms with van der Waals surface area (Å²) in [5.74, 6) is 0.297. The Hall–Kier alpha value is -2.63. The van der Waals surface area contributed by atoms with Crippen molar-refractivity contribution in [2.45, 2.75) is 88.5 Å². The molecule has 7 heterocycles. The minimum atomic E-state index is -1.49. The number of benzene rings is 1. The van der Waals surface area contributed by atoms with Gasteiger partial charge < -0.3 is 34.9 Å². The van der Waals surface area contributed by atoms with E-state index in [1.54, 1.807) is 0 Å². The van der Waals surface area contributed by atoms with Gasteiger partial charge in [0.1, 0.15) is 30.6 Å². The third kappa shape index (κ3) is 3.84. The second-order valence-electron chi connectivity index (χ2n) is 11.9. The minimum absolute atomic E-state index is 0.0619. The number of ether oxygens (including phenoxy) is 2. The van der Waals surface area contributed by atoms with Gasteiger partial charge in [0, 0.05) is 39.9 Å². The van der Waals surface area contributed by atoms with Crippen LogP contribution in [0.4, 0.5) is 0 Å². The summed E-state index contributed by atoms with van der Waals surface area (Å²) in [5.41, 5.74) is 8.03. The molecular weight excluding hydrogens is 510 g/mol. The molecule has 9 heteroatoms. The van der Waals surface area contributed by atoms with Crippen molar-refractivity contribution in [2.24, 2.45) is 5.92 Å². The van der Waals surface area contributed by atoms with E-state index >= 15 is 0 Å². The fourth-order valence-corrected chi connectivity index (χ4v) is 7.92. The molecule has 5 aliphatic rings. The van der Waals surface area contributed by atoms with Crippen molar-refractivity contribution < 1.29 is 29.9 Å². The molecule has 2 aromatic heterocycles. The second-order valence-corrected chi connectivity index (χ2v) is 11.9. The molecule has 4 fully saturated rings. The van der Waals surface area contributed by atoms with E-state index < -0.39 is 43.5 Å². The molecule has 4 bridgehead atoms. The first kappa shape index (κ1) is 26.3. The molecule has 0 radical (unpaired) electrons. The van der Waals surface area contributed by atoms with E-state index in [1.807, 2.05) is 19.9 Å². The Morgan fingerprint density at radius 3 is 2.67 bits per heavy atom. The number of aromatic nitrogens is 2. The van der Waals surface area contributed by atoms with Crippen LogP contribution < -0.4 is 0 Å². The van der Waals surface area contributed by atoms with Gasteiger partial charge in [0.05, 0.1) is 12.6 Å². The Kier molecular flexibility index (Phi) is 6.40. The lowest BCUT2D eigenvalue weighted by Gasteiger charge is -2.62. The van der Waals surface area contributed by atoms with Crippen molar-refractivity contribution >= 4 is 10.9 Å². The maximum atomic E-state index is 10.8. The van der Waals surface area contributed by atoms with Crippen LogP contribution in [0.1, 0.15) is 53.5 Å². The quantitative estimate of drug-likeness (QED) is 0.315. The number of aliphatic hydroxyl groups excluding tert-OH is 4. The third-order valence-electron chi connectivity index (χ3n) is 9.55. The monoisotopic (exact) mass is 547 g/mol. The number of aryl methyl sites for hydroxylation is 2. The number of rotatable bonds is 4.